The van der Waals surface area contributed by atoms with Crippen LogP contribution in [0.15, 0.2) is 18.2 Å². The van der Waals surface area contributed by atoms with E-state index in [-0.39, 0.29) is 42.4 Å². The number of aliphatic hydroxyl groups is 1. The number of carbonyl (C=O) groups is 2. The Kier molecular flexibility index (Phi) is 3.48. The number of halogens is 1. The van der Waals surface area contributed by atoms with Gasteiger partial charge in [0.1, 0.15) is 5.82 Å². The second-order valence-corrected chi connectivity index (χ2v) is 5.29. The van der Waals surface area contributed by atoms with Crippen molar-refractivity contribution in [3.63, 3.8) is 0 Å². The third-order valence-electron chi connectivity index (χ3n) is 3.80. The first kappa shape index (κ1) is 13.8. The molecule has 1 aromatic rings. The Morgan fingerprint density at radius 1 is 1.29 bits per heavy atom. The second-order valence-electron chi connectivity index (χ2n) is 5.29. The van der Waals surface area contributed by atoms with Crippen molar-refractivity contribution in [3.8, 4) is 11.8 Å². The summed E-state index contributed by atoms with van der Waals surface area (Å²) in [7, 11) is 0. The molecule has 2 atom stereocenters. The van der Waals surface area contributed by atoms with Gasteiger partial charge in [0.2, 0.25) is 11.8 Å². The summed E-state index contributed by atoms with van der Waals surface area (Å²) in [4.78, 5) is 24.9. The molecule has 0 spiro atoms. The van der Waals surface area contributed by atoms with Crippen molar-refractivity contribution in [2.75, 3.05) is 6.61 Å². The Labute approximate surface area is 121 Å². The molecule has 108 valence electrons. The summed E-state index contributed by atoms with van der Waals surface area (Å²) >= 11 is 0. The van der Waals surface area contributed by atoms with Crippen LogP contribution in [0.3, 0.4) is 0 Å². The summed E-state index contributed by atoms with van der Waals surface area (Å²) in [5.41, 5.74) is 0.887. The number of benzene rings is 1. The van der Waals surface area contributed by atoms with Gasteiger partial charge in [-0.15, -0.1) is 0 Å². The minimum absolute atomic E-state index is 0.0272. The Hall–Kier alpha value is -2.19. The third kappa shape index (κ3) is 2.55. The molecule has 2 aliphatic rings. The predicted octanol–water partition coefficient (Wildman–Crippen LogP) is 1.06. The van der Waals surface area contributed by atoms with Crippen LogP contribution in [-0.2, 0) is 16.1 Å². The smallest absolute Gasteiger partial charge is 0.233 e. The standard InChI is InChI=1S/C16H14FNO3/c17-14-5-4-10(3-1-2-6-19)7-11(14)9-18-15(20)12-8-13(12)16(18)21/h4-5,7,12-13,19H,2,6,8-9H2. The normalized spacial score (nSPS) is 22.9. The van der Waals surface area contributed by atoms with Crippen molar-refractivity contribution in [3.05, 3.63) is 35.1 Å². The lowest BCUT2D eigenvalue weighted by molar-refractivity contribution is -0.142. The number of aliphatic hydroxyl groups excluding tert-OH is 1. The van der Waals surface area contributed by atoms with Crippen molar-refractivity contribution >= 4 is 11.8 Å². The Bertz CT molecular complexity index is 654. The van der Waals surface area contributed by atoms with Crippen LogP contribution in [0.25, 0.3) is 0 Å². The lowest BCUT2D eigenvalue weighted by atomic mass is 10.1. The molecule has 1 saturated carbocycles. The molecule has 3 rings (SSSR count). The van der Waals surface area contributed by atoms with Crippen LogP contribution in [0.2, 0.25) is 0 Å². The lowest BCUT2D eigenvalue weighted by Gasteiger charge is -2.16. The molecule has 1 aliphatic heterocycles. The largest absolute Gasteiger partial charge is 0.395 e. The van der Waals surface area contributed by atoms with Gasteiger partial charge in [-0.3, -0.25) is 14.5 Å². The molecule has 1 N–H and O–H groups in total. The average molecular weight is 287 g/mol. The maximum Gasteiger partial charge on any atom is 0.233 e. The van der Waals surface area contributed by atoms with Gasteiger partial charge >= 0.3 is 0 Å². The Balaban J connectivity index is 1.79. The first-order chi connectivity index (χ1) is 10.1. The van der Waals surface area contributed by atoms with Crippen molar-refractivity contribution in [1.82, 2.24) is 4.90 Å². The van der Waals surface area contributed by atoms with E-state index in [1.165, 1.54) is 12.1 Å². The van der Waals surface area contributed by atoms with Crippen LogP contribution in [0.4, 0.5) is 4.39 Å². The summed E-state index contributed by atoms with van der Waals surface area (Å²) < 4.78 is 13.8. The number of imide groups is 1. The number of fused-ring (bicyclic) bond motifs is 1. The van der Waals surface area contributed by atoms with Gasteiger partial charge < -0.3 is 5.11 Å². The number of amides is 2. The number of piperidine rings is 1. The topological polar surface area (TPSA) is 57.6 Å². The van der Waals surface area contributed by atoms with E-state index in [9.17, 15) is 14.0 Å². The van der Waals surface area contributed by atoms with Crippen LogP contribution in [0.1, 0.15) is 24.0 Å². The van der Waals surface area contributed by atoms with Gasteiger partial charge in [-0.2, -0.15) is 0 Å². The zero-order valence-corrected chi connectivity index (χ0v) is 11.3. The zero-order chi connectivity index (χ0) is 15.0. The summed E-state index contributed by atoms with van der Waals surface area (Å²) in [6.07, 6.45) is 0.989. The SMILES string of the molecule is O=C1C2CC2C(=O)N1Cc1cc(C#CCCO)ccc1F. The van der Waals surface area contributed by atoms with Gasteiger partial charge in [-0.05, 0) is 24.6 Å². The molecule has 5 heteroatoms. The fraction of sp³-hybridized carbons (Fsp3) is 0.375. The van der Waals surface area contributed by atoms with Crippen molar-refractivity contribution in [2.45, 2.75) is 19.4 Å². The van der Waals surface area contributed by atoms with Gasteiger partial charge in [0.25, 0.3) is 0 Å². The van der Waals surface area contributed by atoms with E-state index in [1.54, 1.807) is 6.07 Å². The highest BCUT2D eigenvalue weighted by Crippen LogP contribution is 2.47. The highest BCUT2D eigenvalue weighted by molar-refractivity contribution is 6.08. The molecule has 1 aliphatic carbocycles. The fourth-order valence-electron chi connectivity index (χ4n) is 2.57. The monoisotopic (exact) mass is 287 g/mol. The summed E-state index contributed by atoms with van der Waals surface area (Å²) in [6.45, 7) is -0.0629. The van der Waals surface area contributed by atoms with Gasteiger partial charge in [-0.25, -0.2) is 4.39 Å². The molecule has 1 heterocycles. The molecule has 1 aromatic carbocycles. The molecule has 0 aromatic heterocycles. The Morgan fingerprint density at radius 3 is 2.67 bits per heavy atom. The van der Waals surface area contributed by atoms with Gasteiger partial charge in [0, 0.05) is 17.5 Å². The molecule has 2 fully saturated rings. The zero-order valence-electron chi connectivity index (χ0n) is 11.3. The number of nitrogens with zero attached hydrogens (tertiary/aromatic N) is 1. The predicted molar refractivity (Wildman–Crippen MR) is 72.1 cm³/mol. The maximum absolute atomic E-state index is 13.8. The molecule has 0 radical (unpaired) electrons. The molecule has 2 unspecified atom stereocenters. The van der Waals surface area contributed by atoms with Gasteiger partial charge in [0.05, 0.1) is 25.0 Å². The summed E-state index contributed by atoms with van der Waals surface area (Å²) in [5.74, 6) is 4.38. The van der Waals surface area contributed by atoms with Crippen LogP contribution in [0, 0.1) is 29.5 Å². The minimum atomic E-state index is -0.455. The van der Waals surface area contributed by atoms with E-state index in [0.717, 1.165) is 4.90 Å². The number of hydrogen-bond donors (Lipinski definition) is 1. The minimum Gasteiger partial charge on any atom is -0.395 e. The van der Waals surface area contributed by atoms with Crippen LogP contribution >= 0.6 is 0 Å². The molecule has 0 bridgehead atoms. The van der Waals surface area contributed by atoms with Crippen molar-refractivity contribution in [1.29, 1.82) is 0 Å². The highest BCUT2D eigenvalue weighted by Gasteiger charge is 2.58. The number of likely N-dealkylation sites (tertiary alicyclic amines) is 1. The molecule has 2 amide bonds. The van der Waals surface area contributed by atoms with Gasteiger partial charge in [0.15, 0.2) is 0 Å². The van der Waals surface area contributed by atoms with Crippen molar-refractivity contribution in [2.24, 2.45) is 11.8 Å². The highest BCUT2D eigenvalue weighted by atomic mass is 19.1. The van der Waals surface area contributed by atoms with Crippen LogP contribution < -0.4 is 0 Å². The molecular weight excluding hydrogens is 273 g/mol. The molecule has 1 saturated heterocycles. The molecular formula is C16H14FNO3. The van der Waals surface area contributed by atoms with E-state index < -0.39 is 5.82 Å². The lowest BCUT2D eigenvalue weighted by Crippen LogP contribution is -2.32. The fourth-order valence-corrected chi connectivity index (χ4v) is 2.57. The van der Waals surface area contributed by atoms with Crippen LogP contribution in [-0.4, -0.2) is 28.4 Å². The van der Waals surface area contributed by atoms with Gasteiger partial charge in [-0.1, -0.05) is 11.8 Å². The number of carbonyl (C=O) groups excluding carboxylic acids is 2. The van der Waals surface area contributed by atoms with Crippen molar-refractivity contribution < 1.29 is 19.1 Å². The van der Waals surface area contributed by atoms with E-state index in [0.29, 0.717) is 18.4 Å². The quantitative estimate of drug-likeness (QED) is 0.668. The van der Waals surface area contributed by atoms with Crippen LogP contribution in [0.5, 0.6) is 0 Å². The average Bonchev–Trinajstić information content (AvgIpc) is 3.22. The first-order valence-corrected chi connectivity index (χ1v) is 6.85. The summed E-state index contributed by atoms with van der Waals surface area (Å²) in [5, 5.41) is 8.68. The third-order valence-corrected chi connectivity index (χ3v) is 3.80. The number of rotatable bonds is 3. The van der Waals surface area contributed by atoms with E-state index in [1.807, 2.05) is 0 Å². The maximum atomic E-state index is 13.8. The molecule has 4 nitrogen and oxygen atoms in total. The van der Waals surface area contributed by atoms with E-state index >= 15 is 0 Å². The Morgan fingerprint density at radius 2 is 2.00 bits per heavy atom. The second kappa shape index (κ2) is 5.30. The summed E-state index contributed by atoms with van der Waals surface area (Å²) in [6, 6.07) is 4.36. The van der Waals surface area contributed by atoms with E-state index in [4.69, 9.17) is 5.11 Å². The molecule has 21 heavy (non-hydrogen) atoms. The first-order valence-electron chi connectivity index (χ1n) is 6.85. The number of hydrogen-bond acceptors (Lipinski definition) is 3. The van der Waals surface area contributed by atoms with E-state index in [2.05, 4.69) is 11.8 Å².